The molecule has 0 radical (unpaired) electrons. The van der Waals surface area contributed by atoms with Crippen molar-refractivity contribution in [2.75, 3.05) is 5.32 Å². The van der Waals surface area contributed by atoms with Crippen LogP contribution >= 0.6 is 0 Å². The van der Waals surface area contributed by atoms with Crippen LogP contribution in [0, 0.1) is 10.1 Å². The van der Waals surface area contributed by atoms with Gasteiger partial charge in [0.1, 0.15) is 0 Å². The van der Waals surface area contributed by atoms with Gasteiger partial charge >= 0.3 is 0 Å². The molecule has 1 aromatic heterocycles. The van der Waals surface area contributed by atoms with E-state index in [9.17, 15) is 14.9 Å². The first-order valence-corrected chi connectivity index (χ1v) is 7.45. The fourth-order valence-corrected chi connectivity index (χ4v) is 2.21. The van der Waals surface area contributed by atoms with Crippen LogP contribution in [0.25, 0.3) is 11.8 Å². The maximum atomic E-state index is 12.0. The summed E-state index contributed by atoms with van der Waals surface area (Å²) in [6.45, 7) is 0. The molecule has 25 heavy (non-hydrogen) atoms. The van der Waals surface area contributed by atoms with E-state index in [0.29, 0.717) is 11.3 Å². The monoisotopic (exact) mass is 334 g/mol. The molecule has 7 nitrogen and oxygen atoms in total. The number of nitrogens with one attached hydrogen (secondary N) is 1. The third-order valence-electron chi connectivity index (χ3n) is 3.38. The van der Waals surface area contributed by atoms with Crippen LogP contribution in [0.1, 0.15) is 5.56 Å². The first-order valence-electron chi connectivity index (χ1n) is 7.45. The second kappa shape index (κ2) is 7.22. The zero-order chi connectivity index (χ0) is 17.6. The molecule has 0 saturated heterocycles. The lowest BCUT2D eigenvalue weighted by molar-refractivity contribution is -0.384. The van der Waals surface area contributed by atoms with E-state index in [2.05, 4.69) is 10.4 Å². The lowest BCUT2D eigenvalue weighted by Crippen LogP contribution is -2.06. The molecule has 0 saturated carbocycles. The summed E-state index contributed by atoms with van der Waals surface area (Å²) >= 11 is 0. The highest BCUT2D eigenvalue weighted by atomic mass is 16.6. The molecule has 124 valence electrons. The molecule has 0 aliphatic heterocycles. The minimum atomic E-state index is -0.477. The molecule has 1 amide bonds. The van der Waals surface area contributed by atoms with Gasteiger partial charge in [-0.05, 0) is 23.8 Å². The largest absolute Gasteiger partial charge is 0.320 e. The molecule has 0 aliphatic rings. The Balaban J connectivity index is 1.66. The molecule has 1 N–H and O–H groups in total. The second-order valence-corrected chi connectivity index (χ2v) is 5.18. The van der Waals surface area contributed by atoms with E-state index in [1.807, 2.05) is 30.3 Å². The Hall–Kier alpha value is -3.74. The SMILES string of the molecule is O=C(/C=C/c1cccc([N+](=O)[O-])c1)Nc1cnn(-c2ccccc2)c1. The summed E-state index contributed by atoms with van der Waals surface area (Å²) in [6, 6.07) is 15.6. The highest BCUT2D eigenvalue weighted by Gasteiger charge is 2.05. The van der Waals surface area contributed by atoms with Crippen LogP contribution in [0.3, 0.4) is 0 Å². The van der Waals surface area contributed by atoms with Gasteiger partial charge in [0.05, 0.1) is 28.7 Å². The van der Waals surface area contributed by atoms with Gasteiger partial charge in [-0.15, -0.1) is 0 Å². The third-order valence-corrected chi connectivity index (χ3v) is 3.38. The molecular formula is C18H14N4O3. The lowest BCUT2D eigenvalue weighted by Gasteiger charge is -1.99. The Morgan fingerprint density at radius 1 is 1.16 bits per heavy atom. The summed E-state index contributed by atoms with van der Waals surface area (Å²) in [5.41, 5.74) is 1.99. The predicted molar refractivity (Wildman–Crippen MR) is 94.3 cm³/mol. The van der Waals surface area contributed by atoms with Gasteiger partial charge in [-0.25, -0.2) is 4.68 Å². The lowest BCUT2D eigenvalue weighted by atomic mass is 10.2. The van der Waals surface area contributed by atoms with E-state index in [4.69, 9.17) is 0 Å². The quantitative estimate of drug-likeness (QED) is 0.440. The number of nitrogens with zero attached hydrogens (tertiary/aromatic N) is 3. The van der Waals surface area contributed by atoms with Crippen LogP contribution < -0.4 is 5.32 Å². The number of non-ortho nitro benzene ring substituents is 1. The first kappa shape index (κ1) is 16.1. The minimum Gasteiger partial charge on any atom is -0.320 e. The molecule has 0 atom stereocenters. The minimum absolute atomic E-state index is 0.0216. The van der Waals surface area contributed by atoms with Crippen LogP contribution in [0.5, 0.6) is 0 Å². The van der Waals surface area contributed by atoms with Gasteiger partial charge < -0.3 is 5.32 Å². The summed E-state index contributed by atoms with van der Waals surface area (Å²) in [5.74, 6) is -0.348. The average Bonchev–Trinajstić information content (AvgIpc) is 3.09. The van der Waals surface area contributed by atoms with E-state index in [-0.39, 0.29) is 11.6 Å². The molecular weight excluding hydrogens is 320 g/mol. The molecule has 7 heteroatoms. The maximum Gasteiger partial charge on any atom is 0.270 e. The van der Waals surface area contributed by atoms with Gasteiger partial charge in [-0.2, -0.15) is 5.10 Å². The molecule has 0 aliphatic carbocycles. The summed E-state index contributed by atoms with van der Waals surface area (Å²) in [7, 11) is 0. The predicted octanol–water partition coefficient (Wildman–Crippen LogP) is 3.43. The topological polar surface area (TPSA) is 90.1 Å². The Kier molecular flexibility index (Phi) is 4.66. The van der Waals surface area contributed by atoms with Crippen molar-refractivity contribution in [1.82, 2.24) is 9.78 Å². The number of anilines is 1. The van der Waals surface area contributed by atoms with Gasteiger partial charge in [-0.3, -0.25) is 14.9 Å². The number of para-hydroxylation sites is 1. The highest BCUT2D eigenvalue weighted by Crippen LogP contribution is 2.15. The average molecular weight is 334 g/mol. The summed E-state index contributed by atoms with van der Waals surface area (Å²) < 4.78 is 1.65. The van der Waals surface area contributed by atoms with E-state index < -0.39 is 4.92 Å². The van der Waals surface area contributed by atoms with Crippen molar-refractivity contribution in [3.63, 3.8) is 0 Å². The number of nitro groups is 1. The number of nitro benzene ring substituents is 1. The van der Waals surface area contributed by atoms with Crippen molar-refractivity contribution in [2.45, 2.75) is 0 Å². The van der Waals surface area contributed by atoms with Crippen LogP contribution in [0.15, 0.2) is 73.1 Å². The van der Waals surface area contributed by atoms with Crippen molar-refractivity contribution >= 4 is 23.4 Å². The Bertz CT molecular complexity index is 932. The molecule has 0 bridgehead atoms. The number of hydrogen-bond donors (Lipinski definition) is 1. The fraction of sp³-hybridized carbons (Fsp3) is 0. The van der Waals surface area contributed by atoms with Crippen molar-refractivity contribution in [2.24, 2.45) is 0 Å². The highest BCUT2D eigenvalue weighted by molar-refractivity contribution is 6.01. The Labute approximate surface area is 143 Å². The summed E-state index contributed by atoms with van der Waals surface area (Å²) in [5, 5.41) is 17.6. The fourth-order valence-electron chi connectivity index (χ4n) is 2.21. The van der Waals surface area contributed by atoms with E-state index in [0.717, 1.165) is 5.69 Å². The van der Waals surface area contributed by atoms with Crippen LogP contribution in [0.2, 0.25) is 0 Å². The second-order valence-electron chi connectivity index (χ2n) is 5.18. The standard InChI is InChI=1S/C18H14N4O3/c23-18(10-9-14-5-4-8-17(11-14)22(24)25)20-15-12-19-21(13-15)16-6-2-1-3-7-16/h1-13H,(H,20,23)/b10-9+. The van der Waals surface area contributed by atoms with E-state index in [1.165, 1.54) is 24.3 Å². The summed E-state index contributed by atoms with van der Waals surface area (Å²) in [6.07, 6.45) is 6.09. The van der Waals surface area contributed by atoms with Gasteiger partial charge in [0.25, 0.3) is 5.69 Å². The Morgan fingerprint density at radius 3 is 2.72 bits per heavy atom. The number of hydrogen-bond acceptors (Lipinski definition) is 4. The molecule has 3 rings (SSSR count). The van der Waals surface area contributed by atoms with E-state index in [1.54, 1.807) is 29.2 Å². The van der Waals surface area contributed by atoms with Gasteiger partial charge in [-0.1, -0.05) is 30.3 Å². The molecule has 0 spiro atoms. The molecule has 0 unspecified atom stereocenters. The smallest absolute Gasteiger partial charge is 0.270 e. The van der Waals surface area contributed by atoms with Crippen LogP contribution in [-0.2, 0) is 4.79 Å². The first-order chi connectivity index (χ1) is 12.1. The van der Waals surface area contributed by atoms with Gasteiger partial charge in [0.15, 0.2) is 0 Å². The van der Waals surface area contributed by atoms with Crippen LogP contribution in [0.4, 0.5) is 11.4 Å². The van der Waals surface area contributed by atoms with Crippen molar-refractivity contribution in [1.29, 1.82) is 0 Å². The Morgan fingerprint density at radius 2 is 1.96 bits per heavy atom. The van der Waals surface area contributed by atoms with Crippen molar-refractivity contribution < 1.29 is 9.72 Å². The van der Waals surface area contributed by atoms with E-state index >= 15 is 0 Å². The number of rotatable bonds is 5. The maximum absolute atomic E-state index is 12.0. The molecule has 0 fully saturated rings. The molecule has 3 aromatic rings. The molecule has 1 heterocycles. The zero-order valence-electron chi connectivity index (χ0n) is 13.1. The number of amides is 1. The molecule has 2 aromatic carbocycles. The third kappa shape index (κ3) is 4.17. The van der Waals surface area contributed by atoms with Crippen molar-refractivity contribution in [3.05, 3.63) is 88.7 Å². The van der Waals surface area contributed by atoms with Gasteiger partial charge in [0, 0.05) is 18.2 Å². The van der Waals surface area contributed by atoms with Gasteiger partial charge in [0.2, 0.25) is 5.91 Å². The summed E-state index contributed by atoms with van der Waals surface area (Å²) in [4.78, 5) is 22.2. The number of carbonyl (C=O) groups is 1. The van der Waals surface area contributed by atoms with Crippen LogP contribution in [-0.4, -0.2) is 20.6 Å². The number of benzene rings is 2. The normalized spacial score (nSPS) is 10.7. The van der Waals surface area contributed by atoms with Crippen molar-refractivity contribution in [3.8, 4) is 5.69 Å². The number of aromatic nitrogens is 2. The zero-order valence-corrected chi connectivity index (χ0v) is 13.1. The number of carbonyl (C=O) groups excluding carboxylic acids is 1.